The second kappa shape index (κ2) is 8.82. The summed E-state index contributed by atoms with van der Waals surface area (Å²) in [5.41, 5.74) is 0.795. The van der Waals surface area contributed by atoms with Crippen LogP contribution in [-0.2, 0) is 20.6 Å². The number of benzene rings is 1. The van der Waals surface area contributed by atoms with E-state index >= 15 is 0 Å². The molecule has 1 aromatic carbocycles. The standard InChI is InChI=1S/C23H31N5O4/c1-15-8-7-11-27(12-15)22-24-20-19(21(30)26(4)23(31)25(20)3)28(22)13-17(29)14-32-18-10-6-5-9-16(18)2/h5-6,9-10,15,17,29H,7-8,11-14H2,1-4H3/t15-,17-/m1/s1. The summed E-state index contributed by atoms with van der Waals surface area (Å²) in [6, 6.07) is 7.63. The Morgan fingerprint density at radius 3 is 2.69 bits per heavy atom. The topological polar surface area (TPSA) is 94.5 Å². The molecule has 3 heterocycles. The van der Waals surface area contributed by atoms with Crippen molar-refractivity contribution >= 4 is 17.1 Å². The molecule has 0 radical (unpaired) electrons. The Hall–Kier alpha value is -3.07. The van der Waals surface area contributed by atoms with Gasteiger partial charge in [-0.05, 0) is 37.3 Å². The molecule has 9 heteroatoms. The van der Waals surface area contributed by atoms with Crippen LogP contribution in [0.25, 0.3) is 11.2 Å². The predicted molar refractivity (Wildman–Crippen MR) is 124 cm³/mol. The highest BCUT2D eigenvalue weighted by atomic mass is 16.5. The summed E-state index contributed by atoms with van der Waals surface area (Å²) in [5, 5.41) is 10.8. The number of aliphatic hydroxyl groups excluding tert-OH is 1. The Labute approximate surface area is 186 Å². The van der Waals surface area contributed by atoms with Gasteiger partial charge in [0.2, 0.25) is 5.95 Å². The smallest absolute Gasteiger partial charge is 0.332 e. The molecule has 1 N–H and O–H groups in total. The normalized spacial score (nSPS) is 17.7. The summed E-state index contributed by atoms with van der Waals surface area (Å²) < 4.78 is 10.0. The van der Waals surface area contributed by atoms with E-state index in [0.29, 0.717) is 28.8 Å². The summed E-state index contributed by atoms with van der Waals surface area (Å²) in [7, 11) is 3.07. The van der Waals surface area contributed by atoms with Crippen LogP contribution < -0.4 is 20.9 Å². The molecule has 2 aromatic heterocycles. The number of piperidine rings is 1. The summed E-state index contributed by atoms with van der Waals surface area (Å²) >= 11 is 0. The first-order chi connectivity index (χ1) is 15.3. The maximum atomic E-state index is 13.0. The molecule has 2 atom stereocenters. The lowest BCUT2D eigenvalue weighted by Crippen LogP contribution is -2.39. The molecule has 0 spiro atoms. The van der Waals surface area contributed by atoms with Crippen LogP contribution in [0.15, 0.2) is 33.9 Å². The first kappa shape index (κ1) is 22.1. The van der Waals surface area contributed by atoms with Gasteiger partial charge in [0.05, 0.1) is 6.54 Å². The van der Waals surface area contributed by atoms with Crippen molar-refractivity contribution in [1.29, 1.82) is 0 Å². The van der Waals surface area contributed by atoms with Gasteiger partial charge in [-0.3, -0.25) is 13.9 Å². The monoisotopic (exact) mass is 441 g/mol. The molecule has 0 saturated carbocycles. The lowest BCUT2D eigenvalue weighted by atomic mass is 10.0. The third-order valence-electron chi connectivity index (χ3n) is 6.19. The quantitative estimate of drug-likeness (QED) is 0.622. The number of aryl methyl sites for hydroxylation is 2. The van der Waals surface area contributed by atoms with E-state index in [1.165, 1.54) is 11.6 Å². The van der Waals surface area contributed by atoms with Gasteiger partial charge >= 0.3 is 5.69 Å². The van der Waals surface area contributed by atoms with E-state index in [1.807, 2.05) is 31.2 Å². The van der Waals surface area contributed by atoms with E-state index in [2.05, 4.69) is 11.8 Å². The van der Waals surface area contributed by atoms with Crippen LogP contribution in [0.1, 0.15) is 25.3 Å². The van der Waals surface area contributed by atoms with E-state index in [-0.39, 0.29) is 13.2 Å². The average Bonchev–Trinajstić information content (AvgIpc) is 3.15. The zero-order valence-electron chi connectivity index (χ0n) is 19.1. The Morgan fingerprint density at radius 2 is 1.97 bits per heavy atom. The Morgan fingerprint density at radius 1 is 1.22 bits per heavy atom. The van der Waals surface area contributed by atoms with Crippen LogP contribution in [-0.4, -0.2) is 49.6 Å². The lowest BCUT2D eigenvalue weighted by molar-refractivity contribution is 0.0932. The third kappa shape index (κ3) is 4.04. The van der Waals surface area contributed by atoms with Crippen LogP contribution in [0, 0.1) is 12.8 Å². The minimum atomic E-state index is -0.866. The molecule has 0 bridgehead atoms. The third-order valence-corrected chi connectivity index (χ3v) is 6.19. The van der Waals surface area contributed by atoms with Crippen LogP contribution >= 0.6 is 0 Å². The fourth-order valence-electron chi connectivity index (χ4n) is 4.39. The van der Waals surface area contributed by atoms with Crippen molar-refractivity contribution in [3.63, 3.8) is 0 Å². The highest BCUT2D eigenvalue weighted by molar-refractivity contribution is 5.74. The SMILES string of the molecule is Cc1ccccc1OC[C@H](O)Cn1c(N2CCC[C@@H](C)C2)nc2c1c(=O)n(C)c(=O)n2C. The first-order valence-electron chi connectivity index (χ1n) is 11.1. The van der Waals surface area contributed by atoms with Crippen molar-refractivity contribution in [2.45, 2.75) is 39.3 Å². The highest BCUT2D eigenvalue weighted by Gasteiger charge is 2.26. The number of fused-ring (bicyclic) bond motifs is 1. The van der Waals surface area contributed by atoms with Crippen LogP contribution in [0.3, 0.4) is 0 Å². The van der Waals surface area contributed by atoms with Gasteiger partial charge < -0.3 is 19.3 Å². The van der Waals surface area contributed by atoms with Crippen molar-refractivity contribution in [1.82, 2.24) is 18.7 Å². The van der Waals surface area contributed by atoms with Gasteiger partial charge in [0.1, 0.15) is 18.5 Å². The lowest BCUT2D eigenvalue weighted by Gasteiger charge is -2.32. The molecule has 9 nitrogen and oxygen atoms in total. The molecule has 0 amide bonds. The Balaban J connectivity index is 1.72. The van der Waals surface area contributed by atoms with Crippen molar-refractivity contribution in [3.8, 4) is 5.75 Å². The maximum absolute atomic E-state index is 13.0. The molecule has 1 aliphatic heterocycles. The Kier molecular flexibility index (Phi) is 6.10. The number of aliphatic hydroxyl groups is 1. The summed E-state index contributed by atoms with van der Waals surface area (Å²) in [4.78, 5) is 32.4. The van der Waals surface area contributed by atoms with Gasteiger partial charge in [-0.2, -0.15) is 4.98 Å². The molecule has 172 valence electrons. The van der Waals surface area contributed by atoms with Crippen molar-refractivity contribution in [2.24, 2.45) is 20.0 Å². The number of para-hydroxylation sites is 1. The number of ether oxygens (including phenoxy) is 1. The first-order valence-corrected chi connectivity index (χ1v) is 11.1. The maximum Gasteiger partial charge on any atom is 0.332 e. The zero-order chi connectivity index (χ0) is 23.0. The molecule has 1 aliphatic rings. The average molecular weight is 442 g/mol. The summed E-state index contributed by atoms with van der Waals surface area (Å²) in [5.74, 6) is 1.82. The zero-order valence-corrected chi connectivity index (χ0v) is 19.1. The highest BCUT2D eigenvalue weighted by Crippen LogP contribution is 2.26. The molecular formula is C23H31N5O4. The van der Waals surface area contributed by atoms with E-state index < -0.39 is 17.4 Å². The van der Waals surface area contributed by atoms with Gasteiger partial charge in [0.15, 0.2) is 11.2 Å². The van der Waals surface area contributed by atoms with Crippen LogP contribution in [0.2, 0.25) is 0 Å². The number of hydrogen-bond donors (Lipinski definition) is 1. The van der Waals surface area contributed by atoms with Gasteiger partial charge in [-0.15, -0.1) is 0 Å². The second-order valence-corrected chi connectivity index (χ2v) is 8.82. The van der Waals surface area contributed by atoms with Gasteiger partial charge in [-0.25, -0.2) is 4.79 Å². The van der Waals surface area contributed by atoms with Crippen LogP contribution in [0.4, 0.5) is 5.95 Å². The number of anilines is 1. The number of aromatic nitrogens is 4. The molecule has 4 rings (SSSR count). The van der Waals surface area contributed by atoms with E-state index in [9.17, 15) is 14.7 Å². The molecule has 0 aliphatic carbocycles. The molecule has 3 aromatic rings. The molecular weight excluding hydrogens is 410 g/mol. The Bertz CT molecular complexity index is 1240. The van der Waals surface area contributed by atoms with E-state index in [0.717, 1.165) is 36.1 Å². The molecule has 0 unspecified atom stereocenters. The predicted octanol–water partition coefficient (Wildman–Crippen LogP) is 1.42. The van der Waals surface area contributed by atoms with Gasteiger partial charge in [-0.1, -0.05) is 25.1 Å². The summed E-state index contributed by atoms with van der Waals surface area (Å²) in [6.45, 7) is 5.98. The molecule has 1 fully saturated rings. The fourth-order valence-corrected chi connectivity index (χ4v) is 4.39. The largest absolute Gasteiger partial charge is 0.491 e. The van der Waals surface area contributed by atoms with Gasteiger partial charge in [0, 0.05) is 27.2 Å². The summed E-state index contributed by atoms with van der Waals surface area (Å²) in [6.07, 6.45) is 1.30. The number of imidazole rings is 1. The fraction of sp³-hybridized carbons (Fsp3) is 0.522. The van der Waals surface area contributed by atoms with Crippen LogP contribution in [0.5, 0.6) is 5.75 Å². The number of nitrogens with zero attached hydrogens (tertiary/aromatic N) is 5. The molecule has 1 saturated heterocycles. The van der Waals surface area contributed by atoms with E-state index in [1.54, 1.807) is 11.6 Å². The van der Waals surface area contributed by atoms with Gasteiger partial charge in [0.25, 0.3) is 5.56 Å². The number of rotatable bonds is 6. The van der Waals surface area contributed by atoms with Crippen molar-refractivity contribution in [3.05, 3.63) is 50.7 Å². The minimum Gasteiger partial charge on any atom is -0.491 e. The van der Waals surface area contributed by atoms with Crippen molar-refractivity contribution in [2.75, 3.05) is 24.6 Å². The van der Waals surface area contributed by atoms with E-state index in [4.69, 9.17) is 9.72 Å². The minimum absolute atomic E-state index is 0.0758. The molecule has 32 heavy (non-hydrogen) atoms. The number of hydrogen-bond acceptors (Lipinski definition) is 6. The second-order valence-electron chi connectivity index (χ2n) is 8.82. The van der Waals surface area contributed by atoms with Crippen molar-refractivity contribution < 1.29 is 9.84 Å².